The van der Waals surface area contributed by atoms with Gasteiger partial charge in [-0.15, -0.1) is 0 Å². The second-order valence-corrected chi connectivity index (χ2v) is 8.09. The Kier molecular flexibility index (Phi) is 6.97. The molecule has 1 saturated heterocycles. The number of piperidine rings is 1. The maximum atomic E-state index is 12.7. The summed E-state index contributed by atoms with van der Waals surface area (Å²) in [6, 6.07) is 13.3. The molecule has 3 rings (SSSR count). The van der Waals surface area contributed by atoms with Crippen LogP contribution in [0.5, 0.6) is 0 Å². The van der Waals surface area contributed by atoms with Crippen molar-refractivity contribution in [2.24, 2.45) is 0 Å². The number of hydrogen-bond donors (Lipinski definition) is 1. The first kappa shape index (κ1) is 20.7. The molecule has 0 aliphatic carbocycles. The van der Waals surface area contributed by atoms with Gasteiger partial charge in [0.1, 0.15) is 0 Å². The van der Waals surface area contributed by atoms with Gasteiger partial charge in [-0.25, -0.2) is 0 Å². The van der Waals surface area contributed by atoms with E-state index < -0.39 is 0 Å². The number of benzene rings is 2. The topological polar surface area (TPSA) is 49.4 Å². The summed E-state index contributed by atoms with van der Waals surface area (Å²) in [4.78, 5) is 26.7. The van der Waals surface area contributed by atoms with Gasteiger partial charge in [0.05, 0.1) is 10.6 Å². The van der Waals surface area contributed by atoms with Crippen molar-refractivity contribution in [1.82, 2.24) is 10.2 Å². The van der Waals surface area contributed by atoms with E-state index in [2.05, 4.69) is 36.5 Å². The summed E-state index contributed by atoms with van der Waals surface area (Å²) in [6.45, 7) is 3.25. The molecule has 2 aromatic rings. The molecule has 2 aromatic carbocycles. The third-order valence-electron chi connectivity index (χ3n) is 5.07. The van der Waals surface area contributed by atoms with Crippen molar-refractivity contribution in [2.75, 3.05) is 13.1 Å². The molecule has 1 N–H and O–H groups in total. The van der Waals surface area contributed by atoms with E-state index in [1.165, 1.54) is 11.1 Å². The van der Waals surface area contributed by atoms with E-state index in [9.17, 15) is 9.59 Å². The Morgan fingerprint density at radius 2 is 1.75 bits per heavy atom. The van der Waals surface area contributed by atoms with Crippen LogP contribution in [-0.4, -0.2) is 35.8 Å². The second-order valence-electron chi connectivity index (χ2n) is 7.24. The molecule has 0 saturated carbocycles. The molecule has 28 heavy (non-hydrogen) atoms. The van der Waals surface area contributed by atoms with Crippen molar-refractivity contribution in [3.05, 3.63) is 69.2 Å². The first-order valence-corrected chi connectivity index (χ1v) is 10.3. The van der Waals surface area contributed by atoms with Crippen molar-refractivity contribution in [3.63, 3.8) is 0 Å². The number of likely N-dealkylation sites (tertiary alicyclic amines) is 1. The van der Waals surface area contributed by atoms with E-state index in [4.69, 9.17) is 23.2 Å². The minimum Gasteiger partial charge on any atom is -0.353 e. The van der Waals surface area contributed by atoms with Crippen LogP contribution in [0.2, 0.25) is 10.0 Å². The van der Waals surface area contributed by atoms with Gasteiger partial charge in [0.25, 0.3) is 5.91 Å². The number of amides is 2. The Morgan fingerprint density at radius 3 is 2.39 bits per heavy atom. The first-order chi connectivity index (χ1) is 13.4. The van der Waals surface area contributed by atoms with Gasteiger partial charge in [-0.2, -0.15) is 0 Å². The second kappa shape index (κ2) is 9.44. The highest BCUT2D eigenvalue weighted by atomic mass is 35.5. The molecule has 2 amide bonds. The van der Waals surface area contributed by atoms with Crippen LogP contribution in [0.4, 0.5) is 0 Å². The minimum absolute atomic E-state index is 0.0612. The largest absolute Gasteiger partial charge is 0.353 e. The summed E-state index contributed by atoms with van der Waals surface area (Å²) in [5.41, 5.74) is 2.85. The van der Waals surface area contributed by atoms with Crippen LogP contribution >= 0.6 is 23.2 Å². The lowest BCUT2D eigenvalue weighted by atomic mass is 10.0. The van der Waals surface area contributed by atoms with Crippen LogP contribution in [0.3, 0.4) is 0 Å². The fourth-order valence-electron chi connectivity index (χ4n) is 3.37. The van der Waals surface area contributed by atoms with Gasteiger partial charge in [-0.05, 0) is 49.9 Å². The van der Waals surface area contributed by atoms with E-state index in [0.717, 1.165) is 19.3 Å². The molecule has 0 aromatic heterocycles. The third kappa shape index (κ3) is 5.49. The van der Waals surface area contributed by atoms with E-state index in [-0.39, 0.29) is 17.9 Å². The quantitative estimate of drug-likeness (QED) is 0.767. The monoisotopic (exact) mass is 418 g/mol. The van der Waals surface area contributed by atoms with Crippen LogP contribution in [0.25, 0.3) is 0 Å². The van der Waals surface area contributed by atoms with Crippen LogP contribution in [0, 0.1) is 6.92 Å². The van der Waals surface area contributed by atoms with Crippen molar-refractivity contribution >= 4 is 35.0 Å². The van der Waals surface area contributed by atoms with Gasteiger partial charge >= 0.3 is 0 Å². The lowest BCUT2D eigenvalue weighted by Crippen LogP contribution is -2.46. The Bertz CT molecular complexity index is 844. The zero-order chi connectivity index (χ0) is 20.1. The molecular weight excluding hydrogens is 395 g/mol. The lowest BCUT2D eigenvalue weighted by molar-refractivity contribution is -0.122. The molecule has 0 radical (unpaired) electrons. The van der Waals surface area contributed by atoms with Gasteiger partial charge in [-0.3, -0.25) is 9.59 Å². The Labute approximate surface area is 175 Å². The fraction of sp³-hybridized carbons (Fsp3) is 0.364. The number of aryl methyl sites for hydroxylation is 2. The van der Waals surface area contributed by atoms with E-state index in [1.807, 2.05) is 0 Å². The van der Waals surface area contributed by atoms with Crippen LogP contribution in [0.15, 0.2) is 42.5 Å². The highest BCUT2D eigenvalue weighted by Crippen LogP contribution is 2.23. The summed E-state index contributed by atoms with van der Waals surface area (Å²) < 4.78 is 0. The van der Waals surface area contributed by atoms with Crippen LogP contribution in [0.1, 0.15) is 40.7 Å². The predicted octanol–water partition coefficient (Wildman–Crippen LogP) is 4.66. The van der Waals surface area contributed by atoms with Crippen molar-refractivity contribution in [2.45, 2.75) is 38.6 Å². The molecule has 0 spiro atoms. The summed E-state index contributed by atoms with van der Waals surface area (Å²) >= 11 is 12.0. The Balaban J connectivity index is 1.45. The normalized spacial score (nSPS) is 14.8. The van der Waals surface area contributed by atoms with Crippen molar-refractivity contribution < 1.29 is 9.59 Å². The summed E-state index contributed by atoms with van der Waals surface area (Å²) in [5.74, 6) is -0.0306. The zero-order valence-electron chi connectivity index (χ0n) is 15.9. The molecular formula is C22H24Cl2N2O2. The maximum absolute atomic E-state index is 12.7. The fourth-order valence-corrected chi connectivity index (χ4v) is 3.86. The van der Waals surface area contributed by atoms with Gasteiger partial charge in [-0.1, -0.05) is 53.0 Å². The van der Waals surface area contributed by atoms with Crippen LogP contribution < -0.4 is 5.32 Å². The van der Waals surface area contributed by atoms with Gasteiger partial charge in [0.2, 0.25) is 5.91 Å². The maximum Gasteiger partial charge on any atom is 0.255 e. The number of nitrogens with one attached hydrogen (secondary N) is 1. The van der Waals surface area contributed by atoms with Crippen molar-refractivity contribution in [3.8, 4) is 0 Å². The van der Waals surface area contributed by atoms with E-state index in [0.29, 0.717) is 35.1 Å². The Hall–Kier alpha value is -2.04. The average Bonchev–Trinajstić information content (AvgIpc) is 2.68. The standard InChI is InChI=1S/C22H24Cl2N2O2/c1-15-2-4-16(5-3-15)6-9-21(27)25-18-10-12-26(13-11-18)22(28)19-8-7-17(23)14-20(19)24/h2-5,7-8,14,18H,6,9-13H2,1H3,(H,25,27). The molecule has 0 unspecified atom stereocenters. The number of rotatable bonds is 5. The van der Waals surface area contributed by atoms with Crippen molar-refractivity contribution in [1.29, 1.82) is 0 Å². The molecule has 6 heteroatoms. The molecule has 1 heterocycles. The number of carbonyl (C=O) groups excluding carboxylic acids is 2. The van der Waals surface area contributed by atoms with Gasteiger partial charge < -0.3 is 10.2 Å². The Morgan fingerprint density at radius 1 is 1.07 bits per heavy atom. The predicted molar refractivity (Wildman–Crippen MR) is 113 cm³/mol. The number of carbonyl (C=O) groups is 2. The number of halogens is 2. The zero-order valence-corrected chi connectivity index (χ0v) is 17.4. The molecule has 4 nitrogen and oxygen atoms in total. The number of nitrogens with zero attached hydrogens (tertiary/aromatic N) is 1. The molecule has 148 valence electrons. The van der Waals surface area contributed by atoms with Gasteiger partial charge in [0.15, 0.2) is 0 Å². The summed E-state index contributed by atoms with van der Waals surface area (Å²) in [7, 11) is 0. The summed E-state index contributed by atoms with van der Waals surface area (Å²) in [6.07, 6.45) is 2.70. The molecule has 0 bridgehead atoms. The van der Waals surface area contributed by atoms with Gasteiger partial charge in [0, 0.05) is 30.6 Å². The first-order valence-electron chi connectivity index (χ1n) is 9.51. The molecule has 0 atom stereocenters. The smallest absolute Gasteiger partial charge is 0.255 e. The SMILES string of the molecule is Cc1ccc(CCC(=O)NC2CCN(C(=O)c3ccc(Cl)cc3Cl)CC2)cc1. The molecule has 1 fully saturated rings. The van der Waals surface area contributed by atoms with E-state index >= 15 is 0 Å². The lowest BCUT2D eigenvalue weighted by Gasteiger charge is -2.32. The van der Waals surface area contributed by atoms with Crippen LogP contribution in [-0.2, 0) is 11.2 Å². The molecule has 1 aliphatic rings. The third-order valence-corrected chi connectivity index (χ3v) is 5.62. The highest BCUT2D eigenvalue weighted by Gasteiger charge is 2.25. The minimum atomic E-state index is -0.0918. The van der Waals surface area contributed by atoms with E-state index in [1.54, 1.807) is 23.1 Å². The number of hydrogen-bond acceptors (Lipinski definition) is 2. The average molecular weight is 419 g/mol. The molecule has 1 aliphatic heterocycles. The summed E-state index contributed by atoms with van der Waals surface area (Å²) in [5, 5.41) is 3.97. The highest BCUT2D eigenvalue weighted by molar-refractivity contribution is 6.36.